The van der Waals surface area contributed by atoms with Crippen molar-refractivity contribution in [3.63, 3.8) is 0 Å². The van der Waals surface area contributed by atoms with Gasteiger partial charge in [-0.3, -0.25) is 0 Å². The van der Waals surface area contributed by atoms with Gasteiger partial charge < -0.3 is 14.0 Å². The van der Waals surface area contributed by atoms with E-state index in [1.807, 2.05) is 0 Å². The van der Waals surface area contributed by atoms with Gasteiger partial charge in [0.05, 0.1) is 12.2 Å². The minimum absolute atomic E-state index is 0.197. The lowest BCUT2D eigenvalue weighted by atomic mass is 9.85. The summed E-state index contributed by atoms with van der Waals surface area (Å²) in [6.07, 6.45) is 2.67. The normalized spacial score (nSPS) is 27.4. The molecule has 24 heavy (non-hydrogen) atoms. The fourth-order valence-corrected chi connectivity index (χ4v) is 5.11. The molecular formula is C19H42O3Si2. The Morgan fingerprint density at radius 1 is 0.875 bits per heavy atom. The van der Waals surface area contributed by atoms with Gasteiger partial charge in [0.2, 0.25) is 0 Å². The Morgan fingerprint density at radius 3 is 1.83 bits per heavy atom. The third kappa shape index (κ3) is 5.66. The van der Waals surface area contributed by atoms with Crippen molar-refractivity contribution in [1.82, 2.24) is 0 Å². The highest BCUT2D eigenvalue weighted by Gasteiger charge is 2.43. The number of rotatable bonds is 5. The second kappa shape index (κ2) is 7.51. The molecule has 5 heteroatoms. The van der Waals surface area contributed by atoms with Gasteiger partial charge in [-0.25, -0.2) is 0 Å². The van der Waals surface area contributed by atoms with Crippen LogP contribution in [-0.4, -0.2) is 40.6 Å². The zero-order valence-corrected chi connectivity index (χ0v) is 19.8. The van der Waals surface area contributed by atoms with Gasteiger partial charge >= 0.3 is 0 Å². The Bertz CT molecular complexity index is 408. The van der Waals surface area contributed by atoms with Crippen LogP contribution in [0, 0.1) is 5.92 Å². The molecule has 0 aliphatic heterocycles. The molecule has 3 atom stereocenters. The van der Waals surface area contributed by atoms with Crippen LogP contribution in [0.3, 0.4) is 0 Å². The van der Waals surface area contributed by atoms with Crippen molar-refractivity contribution in [1.29, 1.82) is 0 Å². The summed E-state index contributed by atoms with van der Waals surface area (Å²) in [4.78, 5) is 0. The molecule has 0 heterocycles. The summed E-state index contributed by atoms with van der Waals surface area (Å²) in [5.41, 5.74) is 0. The first-order valence-corrected chi connectivity index (χ1v) is 15.4. The number of hydrogen-bond acceptors (Lipinski definition) is 3. The van der Waals surface area contributed by atoms with E-state index in [1.54, 1.807) is 0 Å². The third-order valence-electron chi connectivity index (χ3n) is 6.60. The van der Waals surface area contributed by atoms with Gasteiger partial charge in [0, 0.05) is 12.5 Å². The lowest BCUT2D eigenvalue weighted by molar-refractivity contribution is -0.00627. The summed E-state index contributed by atoms with van der Waals surface area (Å²) in [5, 5.41) is 10.6. The topological polar surface area (TPSA) is 38.7 Å². The van der Waals surface area contributed by atoms with Crippen molar-refractivity contribution in [2.45, 2.75) is 109 Å². The van der Waals surface area contributed by atoms with Crippen LogP contribution in [0.5, 0.6) is 0 Å². The minimum Gasteiger partial charge on any atom is -0.416 e. The molecule has 1 rings (SSSR count). The van der Waals surface area contributed by atoms with E-state index >= 15 is 0 Å². The summed E-state index contributed by atoms with van der Waals surface area (Å²) in [7, 11) is -3.56. The Kier molecular flexibility index (Phi) is 7.00. The second-order valence-corrected chi connectivity index (χ2v) is 20.3. The Labute approximate surface area is 152 Å². The monoisotopic (exact) mass is 374 g/mol. The van der Waals surface area contributed by atoms with E-state index in [1.165, 1.54) is 0 Å². The summed E-state index contributed by atoms with van der Waals surface area (Å²) in [6, 6.07) is 0. The average molecular weight is 375 g/mol. The molecule has 0 bridgehead atoms. The van der Waals surface area contributed by atoms with Crippen LogP contribution in [-0.2, 0) is 8.85 Å². The predicted molar refractivity (Wildman–Crippen MR) is 109 cm³/mol. The maximum absolute atomic E-state index is 10.2. The van der Waals surface area contributed by atoms with Crippen molar-refractivity contribution in [3.8, 4) is 0 Å². The van der Waals surface area contributed by atoms with E-state index in [0.717, 1.165) is 25.9 Å². The molecule has 144 valence electrons. The van der Waals surface area contributed by atoms with Crippen molar-refractivity contribution in [3.05, 3.63) is 0 Å². The number of aliphatic hydroxyl groups is 1. The molecule has 1 fully saturated rings. The molecule has 0 radical (unpaired) electrons. The third-order valence-corrected chi connectivity index (χ3v) is 15.6. The van der Waals surface area contributed by atoms with Crippen molar-refractivity contribution >= 4 is 16.6 Å². The highest BCUT2D eigenvalue weighted by atomic mass is 28.4. The number of aliphatic hydroxyl groups excluding tert-OH is 1. The van der Waals surface area contributed by atoms with Crippen LogP contribution in [0.15, 0.2) is 0 Å². The fourth-order valence-electron chi connectivity index (χ4n) is 2.63. The van der Waals surface area contributed by atoms with E-state index in [0.29, 0.717) is 5.92 Å². The maximum Gasteiger partial charge on any atom is 0.192 e. The minimum atomic E-state index is -1.79. The zero-order valence-electron chi connectivity index (χ0n) is 17.8. The van der Waals surface area contributed by atoms with Crippen LogP contribution in [0.25, 0.3) is 0 Å². The molecule has 0 aromatic rings. The van der Waals surface area contributed by atoms with Crippen molar-refractivity contribution in [2.24, 2.45) is 5.92 Å². The lowest BCUT2D eigenvalue weighted by Gasteiger charge is -2.45. The van der Waals surface area contributed by atoms with Gasteiger partial charge in [0.15, 0.2) is 16.6 Å². The van der Waals surface area contributed by atoms with Crippen LogP contribution in [0.1, 0.15) is 60.8 Å². The molecule has 1 saturated carbocycles. The van der Waals surface area contributed by atoms with E-state index in [9.17, 15) is 5.11 Å². The molecule has 1 aliphatic rings. The Morgan fingerprint density at radius 2 is 1.38 bits per heavy atom. The van der Waals surface area contributed by atoms with Crippen LogP contribution in [0.4, 0.5) is 0 Å². The smallest absolute Gasteiger partial charge is 0.192 e. The summed E-state index contributed by atoms with van der Waals surface area (Å²) in [5.74, 6) is 0.317. The van der Waals surface area contributed by atoms with E-state index in [2.05, 4.69) is 67.7 Å². The van der Waals surface area contributed by atoms with E-state index < -0.39 is 16.6 Å². The summed E-state index contributed by atoms with van der Waals surface area (Å²) in [6.45, 7) is 23.7. The molecule has 0 aromatic carbocycles. The fraction of sp³-hybridized carbons (Fsp3) is 1.00. The van der Waals surface area contributed by atoms with Gasteiger partial charge in [0.1, 0.15) is 0 Å². The Balaban J connectivity index is 2.81. The van der Waals surface area contributed by atoms with Gasteiger partial charge in [-0.1, -0.05) is 41.5 Å². The highest BCUT2D eigenvalue weighted by Crippen LogP contribution is 2.41. The first-order valence-electron chi connectivity index (χ1n) is 9.57. The molecular weight excluding hydrogens is 332 g/mol. The van der Waals surface area contributed by atoms with Gasteiger partial charge in [-0.05, 0) is 55.5 Å². The van der Waals surface area contributed by atoms with Crippen molar-refractivity contribution in [2.75, 3.05) is 6.61 Å². The largest absolute Gasteiger partial charge is 0.416 e. The van der Waals surface area contributed by atoms with E-state index in [4.69, 9.17) is 8.85 Å². The zero-order chi connectivity index (χ0) is 19.0. The molecule has 0 unspecified atom stereocenters. The SMILES string of the molecule is CC(C)(C)[Si](C)(C)OC[C@H]1C[C@H](O)CC[C@@H]1O[Si](C)(C)C(C)(C)C. The first-order chi connectivity index (χ1) is 10.6. The van der Waals surface area contributed by atoms with E-state index in [-0.39, 0.29) is 22.3 Å². The molecule has 0 amide bonds. The first kappa shape index (κ1) is 22.4. The molecule has 0 spiro atoms. The van der Waals surface area contributed by atoms with Gasteiger partial charge in [-0.15, -0.1) is 0 Å². The maximum atomic E-state index is 10.2. The summed E-state index contributed by atoms with van der Waals surface area (Å²) >= 11 is 0. The molecule has 1 N–H and O–H groups in total. The van der Waals surface area contributed by atoms with Gasteiger partial charge in [0.25, 0.3) is 0 Å². The van der Waals surface area contributed by atoms with Crippen LogP contribution in [0.2, 0.25) is 36.3 Å². The van der Waals surface area contributed by atoms with Crippen LogP contribution >= 0.6 is 0 Å². The molecule has 0 aromatic heterocycles. The number of hydrogen-bond donors (Lipinski definition) is 1. The molecule has 0 saturated heterocycles. The molecule has 1 aliphatic carbocycles. The van der Waals surface area contributed by atoms with Gasteiger partial charge in [-0.2, -0.15) is 0 Å². The Hall–Kier alpha value is 0.314. The second-order valence-electron chi connectivity index (χ2n) is 10.7. The predicted octanol–water partition coefficient (Wildman–Crippen LogP) is 5.56. The van der Waals surface area contributed by atoms with Crippen LogP contribution < -0.4 is 0 Å². The standard InChI is InChI=1S/C19H42O3Si2/c1-18(2,3)23(7,8)21-14-15-13-16(20)11-12-17(15)22-24(9,10)19(4,5)6/h15-17,20H,11-14H2,1-10H3/t15-,16-,17+/m1/s1. The highest BCUT2D eigenvalue weighted by molar-refractivity contribution is 6.74. The van der Waals surface area contributed by atoms with Crippen molar-refractivity contribution < 1.29 is 14.0 Å². The lowest BCUT2D eigenvalue weighted by Crippen LogP contribution is -2.50. The average Bonchev–Trinajstić information content (AvgIpc) is 2.36. The summed E-state index contributed by atoms with van der Waals surface area (Å²) < 4.78 is 13.2. The quantitative estimate of drug-likeness (QED) is 0.640. The molecule has 3 nitrogen and oxygen atoms in total.